The Morgan fingerprint density at radius 1 is 1.09 bits per heavy atom. The molecule has 2 aromatic carbocycles. The molecule has 0 atom stereocenters. The lowest BCUT2D eigenvalue weighted by Gasteiger charge is -2.19. The molecular formula is C16H16BrNO4S. The van der Waals surface area contributed by atoms with E-state index in [-0.39, 0.29) is 4.90 Å². The van der Waals surface area contributed by atoms with Crippen molar-refractivity contribution in [3.63, 3.8) is 0 Å². The third-order valence-corrected chi connectivity index (χ3v) is 5.54. The number of sulfonamides is 1. The Balaban J connectivity index is 2.27. The van der Waals surface area contributed by atoms with Crippen molar-refractivity contribution in [1.29, 1.82) is 0 Å². The van der Waals surface area contributed by atoms with Crippen LogP contribution in [0.3, 0.4) is 0 Å². The first kappa shape index (κ1) is 17.5. The van der Waals surface area contributed by atoms with E-state index in [2.05, 4.69) is 15.9 Å². The molecule has 0 saturated heterocycles. The highest BCUT2D eigenvalue weighted by Crippen LogP contribution is 2.23. The average molecular weight is 398 g/mol. The normalized spacial score (nSPS) is 11.1. The van der Waals surface area contributed by atoms with Crippen LogP contribution in [0.25, 0.3) is 0 Å². The van der Waals surface area contributed by atoms with Crippen LogP contribution >= 0.6 is 15.9 Å². The predicted octanol–water partition coefficient (Wildman–Crippen LogP) is 3.45. The maximum Gasteiger partial charge on any atom is 0.338 e. The van der Waals surface area contributed by atoms with Crippen LogP contribution in [0.5, 0.6) is 0 Å². The first-order valence-corrected chi connectivity index (χ1v) is 9.11. The summed E-state index contributed by atoms with van der Waals surface area (Å²) in [6, 6.07) is 12.6. The van der Waals surface area contributed by atoms with Gasteiger partial charge in [0.05, 0.1) is 22.8 Å². The topological polar surface area (TPSA) is 63.7 Å². The highest BCUT2D eigenvalue weighted by molar-refractivity contribution is 9.10. The van der Waals surface area contributed by atoms with E-state index in [1.54, 1.807) is 43.3 Å². The minimum Gasteiger partial charge on any atom is -0.462 e. The zero-order valence-electron chi connectivity index (χ0n) is 12.7. The Hall–Kier alpha value is -1.86. The molecule has 0 radical (unpaired) electrons. The molecular weight excluding hydrogens is 382 g/mol. The summed E-state index contributed by atoms with van der Waals surface area (Å²) in [7, 11) is -2.19. The minimum absolute atomic E-state index is 0.192. The monoisotopic (exact) mass is 397 g/mol. The SMILES string of the molecule is CCOC(=O)c1ccc(N(C)S(=O)(=O)c2ccc(Br)cc2)cc1. The Kier molecular flexibility index (Phi) is 5.43. The molecule has 0 N–H and O–H groups in total. The molecule has 2 aromatic rings. The molecule has 7 heteroatoms. The molecule has 0 aliphatic carbocycles. The second-order valence-corrected chi connectivity index (χ2v) is 7.58. The molecule has 2 rings (SSSR count). The van der Waals surface area contributed by atoms with E-state index in [1.807, 2.05) is 0 Å². The second kappa shape index (κ2) is 7.14. The van der Waals surface area contributed by atoms with Crippen molar-refractivity contribution in [2.45, 2.75) is 11.8 Å². The van der Waals surface area contributed by atoms with Crippen molar-refractivity contribution in [3.8, 4) is 0 Å². The van der Waals surface area contributed by atoms with E-state index in [0.29, 0.717) is 17.9 Å². The van der Waals surface area contributed by atoms with Crippen molar-refractivity contribution >= 4 is 37.6 Å². The maximum atomic E-state index is 12.6. The fourth-order valence-electron chi connectivity index (χ4n) is 1.93. The van der Waals surface area contributed by atoms with Gasteiger partial charge in [-0.3, -0.25) is 4.31 Å². The first-order valence-electron chi connectivity index (χ1n) is 6.88. The van der Waals surface area contributed by atoms with Crippen LogP contribution < -0.4 is 4.31 Å². The molecule has 0 aliphatic rings. The van der Waals surface area contributed by atoms with E-state index in [9.17, 15) is 13.2 Å². The molecule has 23 heavy (non-hydrogen) atoms. The highest BCUT2D eigenvalue weighted by Gasteiger charge is 2.21. The molecule has 5 nitrogen and oxygen atoms in total. The summed E-state index contributed by atoms with van der Waals surface area (Å²) >= 11 is 3.28. The van der Waals surface area contributed by atoms with Gasteiger partial charge in [0.2, 0.25) is 0 Å². The molecule has 0 heterocycles. The van der Waals surface area contributed by atoms with Gasteiger partial charge in [0.15, 0.2) is 0 Å². The fourth-order valence-corrected chi connectivity index (χ4v) is 3.39. The zero-order chi connectivity index (χ0) is 17.0. The summed E-state index contributed by atoms with van der Waals surface area (Å²) < 4.78 is 32.0. The summed E-state index contributed by atoms with van der Waals surface area (Å²) in [5.74, 6) is -0.433. The Morgan fingerprint density at radius 3 is 2.17 bits per heavy atom. The van der Waals surface area contributed by atoms with Gasteiger partial charge in [0, 0.05) is 11.5 Å². The van der Waals surface area contributed by atoms with Gasteiger partial charge in [-0.2, -0.15) is 0 Å². The summed E-state index contributed by atoms with van der Waals surface area (Å²) in [5.41, 5.74) is 0.839. The molecule has 0 bridgehead atoms. The number of esters is 1. The van der Waals surface area contributed by atoms with Crippen molar-refractivity contribution < 1.29 is 17.9 Å². The van der Waals surface area contributed by atoms with Gasteiger partial charge in [0.1, 0.15) is 0 Å². The number of carbonyl (C=O) groups is 1. The lowest BCUT2D eigenvalue weighted by molar-refractivity contribution is 0.0526. The lowest BCUT2D eigenvalue weighted by Crippen LogP contribution is -2.26. The van der Waals surface area contributed by atoms with Crippen LogP contribution in [0.15, 0.2) is 57.9 Å². The number of hydrogen-bond donors (Lipinski definition) is 0. The van der Waals surface area contributed by atoms with Crippen molar-refractivity contribution in [1.82, 2.24) is 0 Å². The number of carbonyl (C=O) groups excluding carboxylic acids is 1. The number of halogens is 1. The summed E-state index contributed by atoms with van der Waals surface area (Å²) in [6.07, 6.45) is 0. The van der Waals surface area contributed by atoms with Crippen LogP contribution in [0.4, 0.5) is 5.69 Å². The molecule has 0 amide bonds. The Bertz CT molecular complexity index is 786. The smallest absolute Gasteiger partial charge is 0.338 e. The van der Waals surface area contributed by atoms with E-state index in [0.717, 1.165) is 4.47 Å². The predicted molar refractivity (Wildman–Crippen MR) is 92.1 cm³/mol. The molecule has 0 spiro atoms. The highest BCUT2D eigenvalue weighted by atomic mass is 79.9. The van der Waals surface area contributed by atoms with Gasteiger partial charge in [-0.15, -0.1) is 0 Å². The molecule has 0 aliphatic heterocycles. The van der Waals surface area contributed by atoms with Gasteiger partial charge in [0.25, 0.3) is 10.0 Å². The van der Waals surface area contributed by atoms with E-state index in [4.69, 9.17) is 4.74 Å². The molecule has 122 valence electrons. The van der Waals surface area contributed by atoms with Crippen LogP contribution in [0.1, 0.15) is 17.3 Å². The van der Waals surface area contributed by atoms with Gasteiger partial charge in [-0.1, -0.05) is 15.9 Å². The second-order valence-electron chi connectivity index (χ2n) is 4.69. The van der Waals surface area contributed by atoms with Gasteiger partial charge in [-0.25, -0.2) is 13.2 Å². The number of nitrogens with zero attached hydrogens (tertiary/aromatic N) is 1. The Morgan fingerprint density at radius 2 is 1.65 bits per heavy atom. The summed E-state index contributed by atoms with van der Waals surface area (Å²) in [6.45, 7) is 2.02. The molecule has 0 unspecified atom stereocenters. The van der Waals surface area contributed by atoms with Crippen molar-refractivity contribution in [3.05, 3.63) is 58.6 Å². The number of benzene rings is 2. The number of rotatable bonds is 5. The number of hydrogen-bond acceptors (Lipinski definition) is 4. The zero-order valence-corrected chi connectivity index (χ0v) is 15.1. The minimum atomic E-state index is -3.66. The summed E-state index contributed by atoms with van der Waals surface area (Å²) in [5, 5.41) is 0. The lowest BCUT2D eigenvalue weighted by atomic mass is 10.2. The Labute approximate surface area is 144 Å². The largest absolute Gasteiger partial charge is 0.462 e. The quantitative estimate of drug-likeness (QED) is 0.724. The van der Waals surface area contributed by atoms with E-state index >= 15 is 0 Å². The summed E-state index contributed by atoms with van der Waals surface area (Å²) in [4.78, 5) is 11.8. The third-order valence-electron chi connectivity index (χ3n) is 3.21. The van der Waals surface area contributed by atoms with Crippen molar-refractivity contribution in [2.75, 3.05) is 18.0 Å². The van der Waals surface area contributed by atoms with Crippen LogP contribution in [-0.2, 0) is 14.8 Å². The number of anilines is 1. The van der Waals surface area contributed by atoms with Crippen LogP contribution in [0, 0.1) is 0 Å². The van der Waals surface area contributed by atoms with Gasteiger partial charge in [-0.05, 0) is 55.5 Å². The molecule has 0 fully saturated rings. The van der Waals surface area contributed by atoms with Crippen molar-refractivity contribution in [2.24, 2.45) is 0 Å². The molecule has 0 saturated carbocycles. The third kappa shape index (κ3) is 3.92. The van der Waals surface area contributed by atoms with Gasteiger partial charge >= 0.3 is 5.97 Å². The van der Waals surface area contributed by atoms with E-state index in [1.165, 1.54) is 23.5 Å². The van der Waals surface area contributed by atoms with Crippen LogP contribution in [0.2, 0.25) is 0 Å². The fraction of sp³-hybridized carbons (Fsp3) is 0.188. The number of ether oxygens (including phenoxy) is 1. The maximum absolute atomic E-state index is 12.6. The molecule has 0 aromatic heterocycles. The first-order chi connectivity index (χ1) is 10.9. The van der Waals surface area contributed by atoms with Gasteiger partial charge < -0.3 is 4.74 Å². The van der Waals surface area contributed by atoms with Crippen LogP contribution in [-0.4, -0.2) is 28.0 Å². The standard InChI is InChI=1S/C16H16BrNO4S/c1-3-22-16(19)12-4-8-14(9-5-12)18(2)23(20,21)15-10-6-13(17)7-11-15/h4-11H,3H2,1-2H3. The average Bonchev–Trinajstić information content (AvgIpc) is 2.55. The van der Waals surface area contributed by atoms with E-state index < -0.39 is 16.0 Å².